The summed E-state index contributed by atoms with van der Waals surface area (Å²) >= 11 is 5.96. The van der Waals surface area contributed by atoms with Crippen molar-refractivity contribution in [3.8, 4) is 11.5 Å². The van der Waals surface area contributed by atoms with Gasteiger partial charge in [0.05, 0.1) is 17.0 Å². The van der Waals surface area contributed by atoms with Crippen molar-refractivity contribution in [2.75, 3.05) is 5.32 Å². The second-order valence-electron chi connectivity index (χ2n) is 4.90. The van der Waals surface area contributed by atoms with Crippen LogP contribution < -0.4 is 5.32 Å². The molecule has 122 valence electrons. The maximum absolute atomic E-state index is 13.8. The Morgan fingerprint density at radius 2 is 1.96 bits per heavy atom. The Morgan fingerprint density at radius 1 is 1.21 bits per heavy atom. The summed E-state index contributed by atoms with van der Waals surface area (Å²) in [5.74, 6) is -1.50. The number of nitrogens with one attached hydrogen (secondary N) is 1. The van der Waals surface area contributed by atoms with E-state index in [2.05, 4.69) is 15.5 Å². The zero-order chi connectivity index (χ0) is 17.1. The molecule has 1 aromatic heterocycles. The zero-order valence-corrected chi connectivity index (χ0v) is 12.9. The number of halogens is 2. The van der Waals surface area contributed by atoms with Gasteiger partial charge in [0.2, 0.25) is 0 Å². The highest BCUT2D eigenvalue weighted by atomic mass is 35.5. The topological polar surface area (TPSA) is 88.2 Å². The standard InChI is InChI=1S/C16H11ClFN3O3/c17-11-2-1-3-12(18)14(11)15-20-21-16(24-15)19-10-6-4-9(5-7-10)8-13(22)23/h1-7H,8H2,(H,19,21)(H,22,23). The molecule has 1 heterocycles. The molecular weight excluding hydrogens is 337 g/mol. The van der Waals surface area contributed by atoms with E-state index in [1.165, 1.54) is 18.2 Å². The Bertz CT molecular complexity index is 860. The highest BCUT2D eigenvalue weighted by Crippen LogP contribution is 2.30. The molecule has 0 saturated heterocycles. The van der Waals surface area contributed by atoms with Gasteiger partial charge in [-0.3, -0.25) is 4.79 Å². The molecule has 2 N–H and O–H groups in total. The van der Waals surface area contributed by atoms with E-state index >= 15 is 0 Å². The Kier molecular flexibility index (Phi) is 4.43. The third-order valence-corrected chi connectivity index (χ3v) is 3.48. The average Bonchev–Trinajstić information content (AvgIpc) is 2.97. The van der Waals surface area contributed by atoms with E-state index in [1.54, 1.807) is 24.3 Å². The molecule has 3 aromatic rings. The highest BCUT2D eigenvalue weighted by molar-refractivity contribution is 6.33. The summed E-state index contributed by atoms with van der Waals surface area (Å²) in [6, 6.07) is 11.0. The lowest BCUT2D eigenvalue weighted by Gasteiger charge is -2.03. The van der Waals surface area contributed by atoms with Crippen LogP contribution in [0.5, 0.6) is 0 Å². The minimum Gasteiger partial charge on any atom is -0.481 e. The number of aliphatic carboxylic acids is 1. The second-order valence-corrected chi connectivity index (χ2v) is 5.31. The second kappa shape index (κ2) is 6.67. The SMILES string of the molecule is O=C(O)Cc1ccc(Nc2nnc(-c3c(F)cccc3Cl)o2)cc1. The maximum Gasteiger partial charge on any atom is 0.320 e. The summed E-state index contributed by atoms with van der Waals surface area (Å²) in [6.07, 6.45) is -0.0588. The Labute approximate surface area is 140 Å². The van der Waals surface area contributed by atoms with Crippen LogP contribution in [-0.2, 0) is 11.2 Å². The third-order valence-electron chi connectivity index (χ3n) is 3.16. The molecule has 0 aliphatic heterocycles. The Hall–Kier alpha value is -2.93. The van der Waals surface area contributed by atoms with Crippen LogP contribution >= 0.6 is 11.6 Å². The fraction of sp³-hybridized carbons (Fsp3) is 0.0625. The minimum absolute atomic E-state index is 0.0384. The normalized spacial score (nSPS) is 10.6. The van der Waals surface area contributed by atoms with Gasteiger partial charge in [-0.25, -0.2) is 4.39 Å². The lowest BCUT2D eigenvalue weighted by atomic mass is 10.1. The number of rotatable bonds is 5. The molecule has 6 nitrogen and oxygen atoms in total. The molecular formula is C16H11ClFN3O3. The van der Waals surface area contributed by atoms with E-state index in [-0.39, 0.29) is 28.9 Å². The number of hydrogen-bond acceptors (Lipinski definition) is 5. The van der Waals surface area contributed by atoms with Gasteiger partial charge >= 0.3 is 12.0 Å². The number of aromatic nitrogens is 2. The average molecular weight is 348 g/mol. The van der Waals surface area contributed by atoms with Crippen molar-refractivity contribution in [1.29, 1.82) is 0 Å². The first-order valence-corrected chi connectivity index (χ1v) is 7.26. The van der Waals surface area contributed by atoms with Crippen LogP contribution in [0.4, 0.5) is 16.1 Å². The summed E-state index contributed by atoms with van der Waals surface area (Å²) in [5, 5.41) is 19.3. The smallest absolute Gasteiger partial charge is 0.320 e. The molecule has 0 fully saturated rings. The monoisotopic (exact) mass is 347 g/mol. The van der Waals surface area contributed by atoms with Crippen molar-refractivity contribution >= 4 is 29.3 Å². The predicted octanol–water partition coefficient (Wildman–Crippen LogP) is 3.90. The van der Waals surface area contributed by atoms with Gasteiger partial charge in [-0.05, 0) is 29.8 Å². The number of hydrogen-bond donors (Lipinski definition) is 2. The van der Waals surface area contributed by atoms with E-state index < -0.39 is 11.8 Å². The predicted molar refractivity (Wildman–Crippen MR) is 85.8 cm³/mol. The molecule has 8 heteroatoms. The number of anilines is 2. The number of carboxylic acid groups (broad SMARTS) is 1. The first kappa shape index (κ1) is 15.9. The number of benzene rings is 2. The van der Waals surface area contributed by atoms with Crippen LogP contribution in [0.2, 0.25) is 5.02 Å². The summed E-state index contributed by atoms with van der Waals surface area (Å²) in [6.45, 7) is 0. The molecule has 3 rings (SSSR count). The van der Waals surface area contributed by atoms with Gasteiger partial charge in [0.1, 0.15) is 5.82 Å². The van der Waals surface area contributed by atoms with Crippen LogP contribution in [0.3, 0.4) is 0 Å². The minimum atomic E-state index is -0.904. The van der Waals surface area contributed by atoms with Crippen molar-refractivity contribution in [3.63, 3.8) is 0 Å². The molecule has 24 heavy (non-hydrogen) atoms. The van der Waals surface area contributed by atoms with Gasteiger partial charge in [0.25, 0.3) is 5.89 Å². The van der Waals surface area contributed by atoms with E-state index in [0.717, 1.165) is 0 Å². The van der Waals surface area contributed by atoms with Crippen LogP contribution in [0.25, 0.3) is 11.5 Å². The molecule has 0 bridgehead atoms. The van der Waals surface area contributed by atoms with Gasteiger partial charge in [-0.15, -0.1) is 5.10 Å². The molecule has 0 amide bonds. The van der Waals surface area contributed by atoms with Gasteiger partial charge in [-0.1, -0.05) is 34.9 Å². The zero-order valence-electron chi connectivity index (χ0n) is 12.2. The van der Waals surface area contributed by atoms with Crippen LogP contribution in [0.1, 0.15) is 5.56 Å². The van der Waals surface area contributed by atoms with E-state index in [9.17, 15) is 9.18 Å². The van der Waals surface area contributed by atoms with E-state index in [1.807, 2.05) is 0 Å². The summed E-state index contributed by atoms with van der Waals surface area (Å²) in [7, 11) is 0. The summed E-state index contributed by atoms with van der Waals surface area (Å²) < 4.78 is 19.2. The lowest BCUT2D eigenvalue weighted by Crippen LogP contribution is -1.99. The first-order chi connectivity index (χ1) is 11.5. The van der Waals surface area contributed by atoms with E-state index in [0.29, 0.717) is 11.3 Å². The molecule has 0 radical (unpaired) electrons. The fourth-order valence-corrected chi connectivity index (χ4v) is 2.32. The fourth-order valence-electron chi connectivity index (χ4n) is 2.08. The molecule has 0 atom stereocenters. The number of nitrogens with zero attached hydrogens (tertiary/aromatic N) is 2. The van der Waals surface area contributed by atoms with Gasteiger partial charge in [0, 0.05) is 5.69 Å². The molecule has 0 spiro atoms. The molecule has 2 aromatic carbocycles. The molecule has 0 aliphatic rings. The van der Waals surface area contributed by atoms with Crippen LogP contribution in [-0.4, -0.2) is 21.3 Å². The van der Waals surface area contributed by atoms with Crippen LogP contribution in [0, 0.1) is 5.82 Å². The third kappa shape index (κ3) is 3.52. The quantitative estimate of drug-likeness (QED) is 0.727. The number of carboxylic acids is 1. The van der Waals surface area contributed by atoms with Crippen molar-refractivity contribution in [1.82, 2.24) is 10.2 Å². The van der Waals surface area contributed by atoms with Gasteiger partial charge in [-0.2, -0.15) is 0 Å². The van der Waals surface area contributed by atoms with E-state index in [4.69, 9.17) is 21.1 Å². The van der Waals surface area contributed by atoms with Crippen LogP contribution in [0.15, 0.2) is 46.9 Å². The Balaban J connectivity index is 1.78. The largest absolute Gasteiger partial charge is 0.481 e. The summed E-state index contributed by atoms with van der Waals surface area (Å²) in [4.78, 5) is 10.6. The Morgan fingerprint density at radius 3 is 2.62 bits per heavy atom. The first-order valence-electron chi connectivity index (χ1n) is 6.88. The summed E-state index contributed by atoms with van der Waals surface area (Å²) in [5.41, 5.74) is 1.33. The molecule has 0 aliphatic carbocycles. The van der Waals surface area contributed by atoms with Gasteiger partial charge < -0.3 is 14.8 Å². The van der Waals surface area contributed by atoms with Crippen molar-refractivity contribution in [2.45, 2.75) is 6.42 Å². The van der Waals surface area contributed by atoms with Crippen molar-refractivity contribution < 1.29 is 18.7 Å². The molecule has 0 unspecified atom stereocenters. The maximum atomic E-state index is 13.8. The lowest BCUT2D eigenvalue weighted by molar-refractivity contribution is -0.136. The van der Waals surface area contributed by atoms with Crippen molar-refractivity contribution in [3.05, 3.63) is 58.9 Å². The number of carbonyl (C=O) groups is 1. The molecule has 0 saturated carbocycles. The van der Waals surface area contributed by atoms with Crippen molar-refractivity contribution in [2.24, 2.45) is 0 Å². The van der Waals surface area contributed by atoms with Gasteiger partial charge in [0.15, 0.2) is 0 Å². The highest BCUT2D eigenvalue weighted by Gasteiger charge is 2.16.